The molecule has 0 aliphatic rings. The van der Waals surface area contributed by atoms with Gasteiger partial charge in [0.05, 0.1) is 0 Å². The van der Waals surface area contributed by atoms with Crippen molar-refractivity contribution in [1.82, 2.24) is 0 Å². The molecule has 0 aliphatic heterocycles. The molecule has 0 aromatic heterocycles. The van der Waals surface area contributed by atoms with E-state index in [1.54, 1.807) is 0 Å². The summed E-state index contributed by atoms with van der Waals surface area (Å²) in [5.74, 6) is 0.615. The second-order valence-corrected chi connectivity index (χ2v) is 2.53. The van der Waals surface area contributed by atoms with Crippen molar-refractivity contribution in [3.05, 3.63) is 0 Å². The quantitative estimate of drug-likeness (QED) is 0.286. The minimum Gasteiger partial charge on any atom is -0.369 e. The number of alkyl halides is 1. The molecule has 11 heavy (non-hydrogen) atoms. The SMILES string of the molecule is CC(CCCCl)=NN=C(N)N. The third-order valence-corrected chi connectivity index (χ3v) is 1.28. The summed E-state index contributed by atoms with van der Waals surface area (Å²) >= 11 is 5.47. The summed E-state index contributed by atoms with van der Waals surface area (Å²) < 4.78 is 0. The second-order valence-electron chi connectivity index (χ2n) is 2.15. The Morgan fingerprint density at radius 2 is 2.00 bits per heavy atom. The van der Waals surface area contributed by atoms with Gasteiger partial charge in [-0.15, -0.1) is 16.7 Å². The summed E-state index contributed by atoms with van der Waals surface area (Å²) in [5.41, 5.74) is 11.0. The van der Waals surface area contributed by atoms with Crippen LogP contribution in [0.3, 0.4) is 0 Å². The fourth-order valence-corrected chi connectivity index (χ4v) is 0.649. The molecule has 0 aliphatic carbocycles. The summed E-state index contributed by atoms with van der Waals surface area (Å²) in [7, 11) is 0. The Balaban J connectivity index is 3.72. The van der Waals surface area contributed by atoms with Crippen molar-refractivity contribution in [3.63, 3.8) is 0 Å². The maximum absolute atomic E-state index is 5.47. The molecule has 0 bridgehead atoms. The molecule has 4 N–H and O–H groups in total. The van der Waals surface area contributed by atoms with Gasteiger partial charge in [0.1, 0.15) is 0 Å². The highest BCUT2D eigenvalue weighted by Crippen LogP contribution is 1.94. The molecule has 0 unspecified atom stereocenters. The van der Waals surface area contributed by atoms with Gasteiger partial charge < -0.3 is 11.5 Å². The van der Waals surface area contributed by atoms with E-state index in [1.165, 1.54) is 0 Å². The van der Waals surface area contributed by atoms with Crippen LogP contribution in [0.15, 0.2) is 10.2 Å². The average molecular weight is 177 g/mol. The Hall–Kier alpha value is -0.770. The third kappa shape index (κ3) is 7.12. The molecule has 64 valence electrons. The van der Waals surface area contributed by atoms with E-state index in [4.69, 9.17) is 23.1 Å². The van der Waals surface area contributed by atoms with E-state index in [0.29, 0.717) is 5.88 Å². The van der Waals surface area contributed by atoms with Crippen molar-refractivity contribution < 1.29 is 0 Å². The molecular formula is C6H13ClN4. The molecule has 0 spiro atoms. The zero-order valence-electron chi connectivity index (χ0n) is 6.55. The minimum absolute atomic E-state index is 0.0183. The van der Waals surface area contributed by atoms with E-state index in [-0.39, 0.29) is 5.96 Å². The number of hydrogen-bond acceptors (Lipinski definition) is 2. The van der Waals surface area contributed by atoms with E-state index >= 15 is 0 Å². The Bertz CT molecular complexity index is 160. The molecule has 0 fully saturated rings. The molecule has 0 heterocycles. The Morgan fingerprint density at radius 1 is 1.36 bits per heavy atom. The minimum atomic E-state index is -0.0183. The van der Waals surface area contributed by atoms with Crippen LogP contribution >= 0.6 is 11.6 Å². The fourth-order valence-electron chi connectivity index (χ4n) is 0.516. The molecule has 0 atom stereocenters. The van der Waals surface area contributed by atoms with Gasteiger partial charge in [-0.3, -0.25) is 0 Å². The van der Waals surface area contributed by atoms with Gasteiger partial charge in [0.15, 0.2) is 0 Å². The van der Waals surface area contributed by atoms with Crippen LogP contribution in [0.1, 0.15) is 19.8 Å². The van der Waals surface area contributed by atoms with Gasteiger partial charge in [-0.1, -0.05) is 0 Å². The lowest BCUT2D eigenvalue weighted by Crippen LogP contribution is -2.22. The lowest BCUT2D eigenvalue weighted by atomic mass is 10.2. The lowest BCUT2D eigenvalue weighted by molar-refractivity contribution is 0.983. The first-order valence-corrected chi connectivity index (χ1v) is 3.88. The number of halogens is 1. The van der Waals surface area contributed by atoms with Crippen LogP contribution < -0.4 is 11.5 Å². The maximum atomic E-state index is 5.47. The molecule has 4 nitrogen and oxygen atoms in total. The van der Waals surface area contributed by atoms with E-state index in [9.17, 15) is 0 Å². The van der Waals surface area contributed by atoms with Gasteiger partial charge in [0.2, 0.25) is 5.96 Å². The second kappa shape index (κ2) is 5.97. The van der Waals surface area contributed by atoms with Gasteiger partial charge in [-0.05, 0) is 19.8 Å². The fraction of sp³-hybridized carbons (Fsp3) is 0.667. The van der Waals surface area contributed by atoms with E-state index < -0.39 is 0 Å². The molecule has 0 saturated heterocycles. The van der Waals surface area contributed by atoms with Crippen molar-refractivity contribution in [1.29, 1.82) is 0 Å². The Morgan fingerprint density at radius 3 is 2.45 bits per heavy atom. The number of nitrogens with two attached hydrogens (primary N) is 2. The molecule has 0 aromatic carbocycles. The first kappa shape index (κ1) is 10.2. The Kier molecular flexibility index (Phi) is 5.56. The molecule has 0 amide bonds. The third-order valence-electron chi connectivity index (χ3n) is 1.01. The van der Waals surface area contributed by atoms with Crippen LogP contribution in [0.5, 0.6) is 0 Å². The standard InChI is InChI=1S/C6H13ClN4/c1-5(3-2-4-7)10-11-6(8)9/h2-4H2,1H3,(H4,8,9,11). The molecular weight excluding hydrogens is 164 g/mol. The van der Waals surface area contributed by atoms with Crippen molar-refractivity contribution >= 4 is 23.3 Å². The zero-order valence-corrected chi connectivity index (χ0v) is 7.30. The van der Waals surface area contributed by atoms with Crippen LogP contribution in [0.25, 0.3) is 0 Å². The molecule has 5 heteroatoms. The van der Waals surface area contributed by atoms with Gasteiger partial charge >= 0.3 is 0 Å². The predicted octanol–water partition coefficient (Wildman–Crippen LogP) is 0.655. The van der Waals surface area contributed by atoms with E-state index in [1.807, 2.05) is 6.92 Å². The number of guanidine groups is 1. The van der Waals surface area contributed by atoms with Crippen LogP contribution in [0.2, 0.25) is 0 Å². The highest BCUT2D eigenvalue weighted by Gasteiger charge is 1.89. The first-order valence-electron chi connectivity index (χ1n) is 3.35. The summed E-state index contributed by atoms with van der Waals surface area (Å²) in [6, 6.07) is 0. The lowest BCUT2D eigenvalue weighted by Gasteiger charge is -1.93. The van der Waals surface area contributed by atoms with Gasteiger partial charge in [-0.2, -0.15) is 5.10 Å². The molecule has 0 rings (SSSR count). The van der Waals surface area contributed by atoms with Crippen molar-refractivity contribution in [2.75, 3.05) is 5.88 Å². The van der Waals surface area contributed by atoms with Crippen LogP contribution in [0, 0.1) is 0 Å². The van der Waals surface area contributed by atoms with Gasteiger partial charge in [0, 0.05) is 11.6 Å². The summed E-state index contributed by atoms with van der Waals surface area (Å²) in [4.78, 5) is 0. The van der Waals surface area contributed by atoms with Gasteiger partial charge in [0.25, 0.3) is 0 Å². The molecule has 0 radical (unpaired) electrons. The average Bonchev–Trinajstić information content (AvgIpc) is 1.97. The van der Waals surface area contributed by atoms with Crippen LogP contribution in [-0.4, -0.2) is 17.6 Å². The van der Waals surface area contributed by atoms with Crippen molar-refractivity contribution in [2.45, 2.75) is 19.8 Å². The topological polar surface area (TPSA) is 76.8 Å². The van der Waals surface area contributed by atoms with Crippen LogP contribution in [-0.2, 0) is 0 Å². The highest BCUT2D eigenvalue weighted by molar-refractivity contribution is 6.17. The Labute approximate surface area is 71.3 Å². The number of nitrogens with zero attached hydrogens (tertiary/aromatic N) is 2. The van der Waals surface area contributed by atoms with Crippen molar-refractivity contribution in [2.24, 2.45) is 21.7 Å². The monoisotopic (exact) mass is 176 g/mol. The van der Waals surface area contributed by atoms with Crippen LogP contribution in [0.4, 0.5) is 0 Å². The van der Waals surface area contributed by atoms with E-state index in [2.05, 4.69) is 10.2 Å². The van der Waals surface area contributed by atoms with Gasteiger partial charge in [-0.25, -0.2) is 0 Å². The summed E-state index contributed by atoms with van der Waals surface area (Å²) in [6.07, 6.45) is 1.73. The first-order chi connectivity index (χ1) is 5.16. The maximum Gasteiger partial charge on any atom is 0.211 e. The molecule has 0 aromatic rings. The summed E-state index contributed by atoms with van der Waals surface area (Å²) in [6.45, 7) is 1.86. The number of hydrogen-bond donors (Lipinski definition) is 2. The molecule has 0 saturated carbocycles. The predicted molar refractivity (Wildman–Crippen MR) is 48.9 cm³/mol. The summed E-state index contributed by atoms with van der Waals surface area (Å²) in [5, 5.41) is 7.25. The normalized spacial score (nSPS) is 11.3. The number of rotatable bonds is 4. The largest absolute Gasteiger partial charge is 0.369 e. The highest BCUT2D eigenvalue weighted by atomic mass is 35.5. The van der Waals surface area contributed by atoms with Crippen molar-refractivity contribution in [3.8, 4) is 0 Å². The zero-order chi connectivity index (χ0) is 8.69. The smallest absolute Gasteiger partial charge is 0.211 e. The van der Waals surface area contributed by atoms with E-state index in [0.717, 1.165) is 18.6 Å².